The molecule has 0 N–H and O–H groups in total. The molecule has 0 saturated heterocycles. The van der Waals surface area contributed by atoms with Gasteiger partial charge in [0.05, 0.1) is 22.1 Å². The fraction of sp³-hybridized carbons (Fsp3) is 0.0769. The maximum atomic E-state index is 4.23. The van der Waals surface area contributed by atoms with Crippen LogP contribution in [0, 0.1) is 0 Å². The third-order valence-corrected chi connectivity index (χ3v) is 12.2. The molecule has 2 nitrogen and oxygen atoms in total. The zero-order valence-electron chi connectivity index (χ0n) is 30.7. The SMILES string of the molecule is C=Cc1c(/C=C\C)c2ccc(-n3c4ccc(-n5c6ccccc6c6ccccc65)cc4c4cc5c(cc43)C(C)(C)c3ccccc3-5)cc2c2ccccc12. The van der Waals surface area contributed by atoms with Crippen LogP contribution in [0.1, 0.15) is 43.0 Å². The highest BCUT2D eigenvalue weighted by molar-refractivity contribution is 6.17. The van der Waals surface area contributed by atoms with E-state index in [1.807, 2.05) is 6.08 Å². The third kappa shape index (κ3) is 4.06. The van der Waals surface area contributed by atoms with E-state index in [4.69, 9.17) is 0 Å². The van der Waals surface area contributed by atoms with Gasteiger partial charge in [0, 0.05) is 38.3 Å². The molecular weight excluding hydrogens is 653 g/mol. The molecule has 0 fully saturated rings. The summed E-state index contributed by atoms with van der Waals surface area (Å²) < 4.78 is 4.94. The molecule has 0 aliphatic heterocycles. The van der Waals surface area contributed by atoms with Gasteiger partial charge < -0.3 is 9.13 Å². The standard InChI is InChI=1S/C52H38N2/c1-5-15-35-34(6-2)36-16-7-8-17-37(36)42-28-32(24-26-38(35)42)54-50-27-25-33(53-48-22-13-10-19-40(48)41-20-11-14-23-49(41)53)29-44(50)45-30-43-39-18-9-12-21-46(39)52(3,4)47(43)31-51(45)54/h5-31H,2H2,1,3-4H3/b15-5-. The molecule has 54 heavy (non-hydrogen) atoms. The van der Waals surface area contributed by atoms with Gasteiger partial charge in [-0.2, -0.15) is 0 Å². The molecule has 256 valence electrons. The van der Waals surface area contributed by atoms with Crippen LogP contribution in [0.5, 0.6) is 0 Å². The molecule has 0 unspecified atom stereocenters. The smallest absolute Gasteiger partial charge is 0.0544 e. The predicted molar refractivity (Wildman–Crippen MR) is 232 cm³/mol. The Kier molecular flexibility index (Phi) is 6.41. The van der Waals surface area contributed by atoms with Crippen molar-refractivity contribution in [3.05, 3.63) is 181 Å². The summed E-state index contributed by atoms with van der Waals surface area (Å²) in [6.45, 7) is 11.1. The second-order valence-corrected chi connectivity index (χ2v) is 15.3. The Morgan fingerprint density at radius 1 is 0.444 bits per heavy atom. The van der Waals surface area contributed by atoms with E-state index in [0.29, 0.717) is 0 Å². The number of para-hydroxylation sites is 2. The van der Waals surface area contributed by atoms with Gasteiger partial charge in [-0.05, 0) is 116 Å². The van der Waals surface area contributed by atoms with Gasteiger partial charge in [0.2, 0.25) is 0 Å². The van der Waals surface area contributed by atoms with Crippen LogP contribution in [-0.2, 0) is 5.41 Å². The van der Waals surface area contributed by atoms with Crippen molar-refractivity contribution < 1.29 is 0 Å². The summed E-state index contributed by atoms with van der Waals surface area (Å²) in [7, 11) is 0. The van der Waals surface area contributed by atoms with Gasteiger partial charge in [-0.25, -0.2) is 0 Å². The van der Waals surface area contributed by atoms with E-state index in [1.54, 1.807) is 0 Å². The van der Waals surface area contributed by atoms with Crippen molar-refractivity contribution in [3.8, 4) is 22.5 Å². The Bertz CT molecular complexity index is 3220. The Balaban J connectivity index is 1.26. The van der Waals surface area contributed by atoms with E-state index < -0.39 is 0 Å². The number of nitrogens with zero attached hydrogens (tertiary/aromatic N) is 2. The van der Waals surface area contributed by atoms with Crippen molar-refractivity contribution in [2.75, 3.05) is 0 Å². The molecule has 11 rings (SSSR count). The van der Waals surface area contributed by atoms with E-state index in [9.17, 15) is 0 Å². The minimum Gasteiger partial charge on any atom is -0.309 e. The van der Waals surface area contributed by atoms with E-state index in [1.165, 1.54) is 98.5 Å². The van der Waals surface area contributed by atoms with Crippen molar-refractivity contribution in [3.63, 3.8) is 0 Å². The van der Waals surface area contributed by atoms with E-state index in [-0.39, 0.29) is 5.41 Å². The molecule has 0 radical (unpaired) electrons. The first kappa shape index (κ1) is 30.9. The summed E-state index contributed by atoms with van der Waals surface area (Å²) in [6.07, 6.45) is 6.37. The lowest BCUT2D eigenvalue weighted by atomic mass is 9.82. The average molecular weight is 691 g/mol. The Labute approximate surface area is 314 Å². The molecule has 0 amide bonds. The van der Waals surface area contributed by atoms with Gasteiger partial charge in [-0.15, -0.1) is 0 Å². The average Bonchev–Trinajstić information content (AvgIpc) is 3.80. The predicted octanol–water partition coefficient (Wildman–Crippen LogP) is 14.2. The number of benzene rings is 8. The molecule has 0 spiro atoms. The van der Waals surface area contributed by atoms with Gasteiger partial charge in [0.1, 0.15) is 0 Å². The minimum absolute atomic E-state index is 0.113. The topological polar surface area (TPSA) is 9.86 Å². The van der Waals surface area contributed by atoms with Crippen LogP contribution in [0.3, 0.4) is 0 Å². The van der Waals surface area contributed by atoms with E-state index in [2.05, 4.69) is 194 Å². The minimum atomic E-state index is -0.113. The summed E-state index contributed by atoms with van der Waals surface area (Å²) in [6, 6.07) is 54.3. The molecule has 2 heteroatoms. The summed E-state index contributed by atoms with van der Waals surface area (Å²) in [4.78, 5) is 0. The fourth-order valence-corrected chi connectivity index (χ4v) is 9.76. The normalized spacial score (nSPS) is 13.6. The van der Waals surface area contributed by atoms with Gasteiger partial charge in [0.25, 0.3) is 0 Å². The monoisotopic (exact) mass is 690 g/mol. The van der Waals surface area contributed by atoms with Crippen LogP contribution < -0.4 is 0 Å². The highest BCUT2D eigenvalue weighted by Gasteiger charge is 2.36. The molecule has 0 saturated carbocycles. The first-order chi connectivity index (χ1) is 26.5. The number of rotatable bonds is 4. The zero-order chi connectivity index (χ0) is 36.3. The van der Waals surface area contributed by atoms with Crippen molar-refractivity contribution in [1.29, 1.82) is 0 Å². The Hall–Kier alpha value is -6.64. The maximum Gasteiger partial charge on any atom is 0.0544 e. The van der Waals surface area contributed by atoms with Gasteiger partial charge in [0.15, 0.2) is 0 Å². The number of hydrogen-bond acceptors (Lipinski definition) is 0. The van der Waals surface area contributed by atoms with Gasteiger partial charge >= 0.3 is 0 Å². The van der Waals surface area contributed by atoms with Crippen LogP contribution in [-0.4, -0.2) is 9.13 Å². The van der Waals surface area contributed by atoms with E-state index >= 15 is 0 Å². The molecule has 1 aliphatic carbocycles. The lowest BCUT2D eigenvalue weighted by Gasteiger charge is -2.21. The Morgan fingerprint density at radius 2 is 1.00 bits per heavy atom. The molecule has 0 bridgehead atoms. The highest BCUT2D eigenvalue weighted by Crippen LogP contribution is 2.51. The van der Waals surface area contributed by atoms with Crippen LogP contribution in [0.25, 0.3) is 99.8 Å². The molecule has 2 heterocycles. The van der Waals surface area contributed by atoms with Crippen LogP contribution >= 0.6 is 0 Å². The largest absolute Gasteiger partial charge is 0.309 e. The van der Waals surface area contributed by atoms with Gasteiger partial charge in [-0.1, -0.05) is 130 Å². The molecule has 10 aromatic rings. The Morgan fingerprint density at radius 3 is 1.72 bits per heavy atom. The lowest BCUT2D eigenvalue weighted by Crippen LogP contribution is -2.14. The molecule has 2 aromatic heterocycles. The second kappa shape index (κ2) is 11.2. The first-order valence-corrected chi connectivity index (χ1v) is 18.9. The number of fused-ring (bicyclic) bond motifs is 12. The van der Waals surface area contributed by atoms with Crippen molar-refractivity contribution in [1.82, 2.24) is 9.13 Å². The molecule has 1 aliphatic rings. The lowest BCUT2D eigenvalue weighted by molar-refractivity contribution is 0.661. The summed E-state index contributed by atoms with van der Waals surface area (Å²) in [5.41, 5.74) is 14.9. The molecule has 8 aromatic carbocycles. The number of allylic oxidation sites excluding steroid dienone is 1. The maximum absolute atomic E-state index is 4.23. The van der Waals surface area contributed by atoms with Crippen molar-refractivity contribution >= 4 is 77.3 Å². The van der Waals surface area contributed by atoms with Crippen molar-refractivity contribution in [2.45, 2.75) is 26.2 Å². The van der Waals surface area contributed by atoms with E-state index in [0.717, 1.165) is 11.4 Å². The molecule has 0 atom stereocenters. The summed E-state index contributed by atoms with van der Waals surface area (Å²) >= 11 is 0. The third-order valence-electron chi connectivity index (χ3n) is 12.2. The van der Waals surface area contributed by atoms with Crippen LogP contribution in [0.15, 0.2) is 158 Å². The van der Waals surface area contributed by atoms with Crippen LogP contribution in [0.4, 0.5) is 0 Å². The highest BCUT2D eigenvalue weighted by atomic mass is 15.0. The first-order valence-electron chi connectivity index (χ1n) is 18.9. The quantitative estimate of drug-likeness (QED) is 0.163. The van der Waals surface area contributed by atoms with Crippen molar-refractivity contribution in [2.24, 2.45) is 0 Å². The van der Waals surface area contributed by atoms with Gasteiger partial charge in [-0.3, -0.25) is 0 Å². The fourth-order valence-electron chi connectivity index (χ4n) is 9.76. The number of aromatic nitrogens is 2. The summed E-state index contributed by atoms with van der Waals surface area (Å²) in [5.74, 6) is 0. The molecular formula is C52H38N2. The number of hydrogen-bond donors (Lipinski definition) is 0. The zero-order valence-corrected chi connectivity index (χ0v) is 30.7. The second-order valence-electron chi connectivity index (χ2n) is 15.3. The summed E-state index contributed by atoms with van der Waals surface area (Å²) in [5, 5.41) is 9.99. The van der Waals surface area contributed by atoms with Crippen LogP contribution in [0.2, 0.25) is 0 Å².